The summed E-state index contributed by atoms with van der Waals surface area (Å²) in [6.45, 7) is 0.0229. The number of carboxylic acid groups (broad SMARTS) is 1. The lowest BCUT2D eigenvalue weighted by atomic mass is 10.0. The quantitative estimate of drug-likeness (QED) is 0.243. The number of carbonyl (C=O) groups is 4. The van der Waals surface area contributed by atoms with E-state index in [2.05, 4.69) is 15.6 Å². The number of benzene rings is 1. The zero-order valence-electron chi connectivity index (χ0n) is 29.0. The van der Waals surface area contributed by atoms with Gasteiger partial charge in [0.05, 0.1) is 24.9 Å². The molecule has 1 unspecified atom stereocenters. The molecule has 0 radical (unpaired) electrons. The van der Waals surface area contributed by atoms with Crippen molar-refractivity contribution >= 4 is 51.2 Å². The molecule has 1 aromatic carbocycles. The van der Waals surface area contributed by atoms with Crippen LogP contribution in [0.3, 0.4) is 0 Å². The summed E-state index contributed by atoms with van der Waals surface area (Å²) in [5.41, 5.74) is 6.15. The Morgan fingerprint density at radius 1 is 1.06 bits per heavy atom. The molecule has 0 spiro atoms. The molecule has 52 heavy (non-hydrogen) atoms. The Balaban J connectivity index is 1.20. The number of anilines is 1. The van der Waals surface area contributed by atoms with E-state index < -0.39 is 47.6 Å². The Hall–Kier alpha value is -4.92. The maximum absolute atomic E-state index is 14.5. The monoisotopic (exact) mass is 732 g/mol. The fraction of sp³-hybridized carbons (Fsp3) is 0.514. The molecule has 5 N–H and O–H groups in total. The van der Waals surface area contributed by atoms with E-state index in [4.69, 9.17) is 24.9 Å². The highest BCUT2D eigenvalue weighted by molar-refractivity contribution is 7.13. The lowest BCUT2D eigenvalue weighted by Crippen LogP contribution is -2.56. The van der Waals surface area contributed by atoms with E-state index in [1.54, 1.807) is 30.7 Å². The standard InChI is InChI=1S/C37H44N6O8S/c1-49-23-13-14-25-27(15-23)39-28(29-20-52-35(38)40-29)17-31(25)50-24-16-30-32(44)42-37(34(46)47)18-21(37)9-5-3-2-4-6-12-26(33(45)43(30)19-24)41-36(48)51-22-10-7-8-11-22/h5,9,13-15,17,20-22,24,26,30H,2-4,6-8,10-12,16,18-19H2,1H3,(H2,38,40)(H,41,48)(H,42,44)(H,46,47)/b9-5-/t21-,24+,26-,30?,37+/m0/s1. The number of ether oxygens (including phenoxy) is 3. The number of hydrogen-bond donors (Lipinski definition) is 4. The van der Waals surface area contributed by atoms with Crippen LogP contribution >= 0.6 is 11.3 Å². The van der Waals surface area contributed by atoms with E-state index >= 15 is 0 Å². The lowest BCUT2D eigenvalue weighted by molar-refractivity contribution is -0.145. The van der Waals surface area contributed by atoms with Gasteiger partial charge in [-0.25, -0.2) is 19.6 Å². The number of allylic oxidation sites excluding steroid dienone is 1. The fourth-order valence-electron chi connectivity index (χ4n) is 7.60. The van der Waals surface area contributed by atoms with Crippen LogP contribution in [0.2, 0.25) is 0 Å². The molecule has 4 aliphatic rings. The van der Waals surface area contributed by atoms with Crippen molar-refractivity contribution < 1.29 is 38.5 Å². The predicted molar refractivity (Wildman–Crippen MR) is 193 cm³/mol. The minimum Gasteiger partial charge on any atom is -0.497 e. The molecule has 3 amide bonds. The van der Waals surface area contributed by atoms with Crippen molar-refractivity contribution in [3.63, 3.8) is 0 Å². The van der Waals surface area contributed by atoms with Crippen LogP contribution < -0.4 is 25.8 Å². The molecule has 5 atom stereocenters. The number of amides is 3. The zero-order valence-corrected chi connectivity index (χ0v) is 29.9. The van der Waals surface area contributed by atoms with Crippen LogP contribution in [0.25, 0.3) is 22.3 Å². The molecule has 7 rings (SSSR count). The number of aromatic nitrogens is 2. The van der Waals surface area contributed by atoms with Gasteiger partial charge < -0.3 is 40.6 Å². The van der Waals surface area contributed by atoms with E-state index in [0.29, 0.717) is 51.8 Å². The van der Waals surface area contributed by atoms with Gasteiger partial charge in [0, 0.05) is 35.2 Å². The first-order chi connectivity index (χ1) is 25.1. The van der Waals surface area contributed by atoms with Crippen LogP contribution in [0, 0.1) is 5.92 Å². The Kier molecular flexibility index (Phi) is 10.2. The van der Waals surface area contributed by atoms with Gasteiger partial charge in [0.1, 0.15) is 47.0 Å². The van der Waals surface area contributed by atoms with E-state index in [1.165, 1.54) is 16.2 Å². The van der Waals surface area contributed by atoms with Crippen LogP contribution in [0.1, 0.15) is 70.6 Å². The number of carbonyl (C=O) groups excluding carboxylic acids is 3. The second-order valence-corrected chi connectivity index (χ2v) is 15.0. The number of fused-ring (bicyclic) bond motifs is 3. The SMILES string of the molecule is COc1ccc2c(O[C@@H]3CC4C(=O)N[C@]5(C(=O)O)C[C@@H]5/C=C\CCCCC[C@H](NC(=O)OC5CCCC5)C(=O)N4C3)cc(-c3csc(N)n3)nc2c1. The maximum atomic E-state index is 14.5. The first-order valence-corrected chi connectivity index (χ1v) is 18.9. The third-order valence-electron chi connectivity index (χ3n) is 10.5. The lowest BCUT2D eigenvalue weighted by Gasteiger charge is -2.29. The smallest absolute Gasteiger partial charge is 0.408 e. The van der Waals surface area contributed by atoms with Crippen molar-refractivity contribution in [2.24, 2.45) is 5.92 Å². The summed E-state index contributed by atoms with van der Waals surface area (Å²) in [5, 5.41) is 18.7. The second kappa shape index (κ2) is 15.0. The van der Waals surface area contributed by atoms with Crippen molar-refractivity contribution in [2.75, 3.05) is 19.4 Å². The number of methoxy groups -OCH3 is 1. The summed E-state index contributed by atoms with van der Waals surface area (Å²) in [6.07, 6.45) is 9.64. The predicted octanol–water partition coefficient (Wildman–Crippen LogP) is 4.81. The van der Waals surface area contributed by atoms with Gasteiger partial charge in [-0.2, -0.15) is 0 Å². The number of hydrogen-bond acceptors (Lipinski definition) is 11. The summed E-state index contributed by atoms with van der Waals surface area (Å²) < 4.78 is 17.7. The van der Waals surface area contributed by atoms with Gasteiger partial charge in [0.2, 0.25) is 11.8 Å². The number of nitrogens with two attached hydrogens (primary N) is 1. The van der Waals surface area contributed by atoms with Gasteiger partial charge in [-0.3, -0.25) is 9.59 Å². The van der Waals surface area contributed by atoms with E-state index in [1.807, 2.05) is 18.2 Å². The highest BCUT2D eigenvalue weighted by Crippen LogP contribution is 2.45. The number of rotatable bonds is 7. The Labute approximate surface area is 305 Å². The molecular weight excluding hydrogens is 689 g/mol. The van der Waals surface area contributed by atoms with Crippen molar-refractivity contribution in [1.29, 1.82) is 0 Å². The molecule has 1 saturated heterocycles. The van der Waals surface area contributed by atoms with Gasteiger partial charge in [0.15, 0.2) is 5.13 Å². The second-order valence-electron chi connectivity index (χ2n) is 14.1. The Morgan fingerprint density at radius 3 is 2.62 bits per heavy atom. The van der Waals surface area contributed by atoms with Crippen molar-refractivity contribution in [2.45, 2.75) is 100 Å². The Bertz CT molecular complexity index is 1880. The molecule has 15 heteroatoms. The largest absolute Gasteiger partial charge is 0.497 e. The number of aliphatic carboxylic acids is 1. The molecule has 2 aliphatic heterocycles. The number of alkyl carbamates (subject to hydrolysis) is 1. The third-order valence-corrected chi connectivity index (χ3v) is 11.2. The molecule has 2 saturated carbocycles. The number of nitrogens with one attached hydrogen (secondary N) is 2. The van der Waals surface area contributed by atoms with Crippen molar-refractivity contribution in [1.82, 2.24) is 25.5 Å². The maximum Gasteiger partial charge on any atom is 0.408 e. The first kappa shape index (κ1) is 35.5. The molecular formula is C37H44N6O8S. The summed E-state index contributed by atoms with van der Waals surface area (Å²) in [4.78, 5) is 64.8. The van der Waals surface area contributed by atoms with E-state index in [-0.39, 0.29) is 31.4 Å². The summed E-state index contributed by atoms with van der Waals surface area (Å²) in [5.74, 6) is -1.44. The highest BCUT2D eigenvalue weighted by atomic mass is 32.1. The minimum absolute atomic E-state index is 0.0229. The minimum atomic E-state index is -1.45. The van der Waals surface area contributed by atoms with Crippen molar-refractivity contribution in [3.8, 4) is 22.9 Å². The van der Waals surface area contributed by atoms with Gasteiger partial charge in [-0.05, 0) is 63.5 Å². The molecule has 14 nitrogen and oxygen atoms in total. The normalized spacial score (nSPS) is 27.4. The summed E-state index contributed by atoms with van der Waals surface area (Å²) in [7, 11) is 1.57. The molecule has 276 valence electrons. The topological polar surface area (TPSA) is 195 Å². The number of nitrogen functional groups attached to an aromatic ring is 1. The molecule has 3 fully saturated rings. The number of pyridine rings is 1. The van der Waals surface area contributed by atoms with E-state index in [9.17, 15) is 24.3 Å². The van der Waals surface area contributed by atoms with Crippen molar-refractivity contribution in [3.05, 3.63) is 41.8 Å². The highest BCUT2D eigenvalue weighted by Gasteiger charge is 2.61. The number of thiazole rings is 1. The summed E-state index contributed by atoms with van der Waals surface area (Å²) in [6, 6.07) is 5.16. The van der Waals surface area contributed by atoms with Gasteiger partial charge in [-0.1, -0.05) is 25.0 Å². The first-order valence-electron chi connectivity index (χ1n) is 18.0. The molecule has 3 aromatic rings. The molecule has 4 heterocycles. The van der Waals surface area contributed by atoms with Crippen LogP contribution in [0.5, 0.6) is 11.5 Å². The number of nitrogens with zero attached hydrogens (tertiary/aromatic N) is 3. The zero-order chi connectivity index (χ0) is 36.4. The van der Waals surface area contributed by atoms with E-state index in [0.717, 1.165) is 44.9 Å². The van der Waals surface area contributed by atoms with Crippen LogP contribution in [0.15, 0.2) is 41.8 Å². The van der Waals surface area contributed by atoms with Gasteiger partial charge in [0.25, 0.3) is 0 Å². The van der Waals surface area contributed by atoms with Crippen LogP contribution in [0.4, 0.5) is 9.93 Å². The molecule has 2 aromatic heterocycles. The van der Waals surface area contributed by atoms with Crippen LogP contribution in [-0.4, -0.2) is 87.3 Å². The molecule has 0 bridgehead atoms. The average Bonchev–Trinajstić information content (AvgIpc) is 3.54. The third kappa shape index (κ3) is 7.50. The van der Waals surface area contributed by atoms with Gasteiger partial charge in [-0.15, -0.1) is 11.3 Å². The number of carboxylic acids is 1. The van der Waals surface area contributed by atoms with Gasteiger partial charge >= 0.3 is 12.1 Å². The summed E-state index contributed by atoms with van der Waals surface area (Å²) >= 11 is 1.28. The average molecular weight is 733 g/mol. The van der Waals surface area contributed by atoms with Crippen LogP contribution in [-0.2, 0) is 19.1 Å². The Morgan fingerprint density at radius 2 is 1.87 bits per heavy atom. The fourth-order valence-corrected chi connectivity index (χ4v) is 8.15. The molecule has 2 aliphatic carbocycles.